The molecule has 0 saturated heterocycles. The van der Waals surface area contributed by atoms with Crippen LogP contribution in [0.5, 0.6) is 5.75 Å². The van der Waals surface area contributed by atoms with Gasteiger partial charge in [-0.05, 0) is 29.3 Å². The van der Waals surface area contributed by atoms with Gasteiger partial charge in [0.2, 0.25) is 0 Å². The number of nitrogens with zero attached hydrogens (tertiary/aromatic N) is 3. The molecule has 4 aromatic rings. The molecule has 2 heterocycles. The second-order valence-corrected chi connectivity index (χ2v) is 7.83. The van der Waals surface area contributed by atoms with Gasteiger partial charge in [-0.25, -0.2) is 8.78 Å². The summed E-state index contributed by atoms with van der Waals surface area (Å²) >= 11 is 0. The fraction of sp³-hybridized carbons (Fsp3) is 0.160. The van der Waals surface area contributed by atoms with Crippen molar-refractivity contribution in [3.8, 4) is 5.75 Å². The highest BCUT2D eigenvalue weighted by Gasteiger charge is 2.18. The van der Waals surface area contributed by atoms with Crippen LogP contribution in [-0.2, 0) is 19.6 Å². The molecule has 180 valence electrons. The molecule has 10 heteroatoms. The summed E-state index contributed by atoms with van der Waals surface area (Å²) in [5.74, 6) is -2.41. The molecule has 0 aliphatic rings. The monoisotopic (exact) mass is 479 g/mol. The van der Waals surface area contributed by atoms with Gasteiger partial charge in [0.25, 0.3) is 11.5 Å². The Morgan fingerprint density at radius 1 is 1.06 bits per heavy atom. The molecule has 2 aromatic heterocycles. The Morgan fingerprint density at radius 2 is 1.77 bits per heavy atom. The standard InChI is InChI=1S/C25H23F2N5O3/c1-35-21-10-9-20(26)18(23(21)27)12-29-25(34)19-15-32(30-24(19)28)14-17-7-5-16(6-8-17)13-31-11-3-2-4-22(31)33/h2-11,15H,12-14H2,1H3,(H2,28,30)(H,29,34). The number of aromatic nitrogens is 3. The molecule has 3 N–H and O–H groups in total. The van der Waals surface area contributed by atoms with Crippen molar-refractivity contribution in [3.05, 3.63) is 111 Å². The summed E-state index contributed by atoms with van der Waals surface area (Å²) in [7, 11) is 1.27. The SMILES string of the molecule is COc1ccc(F)c(CNC(=O)c2cn(Cc3ccc(Cn4ccccc4=O)cc3)nc2N)c1F. The lowest BCUT2D eigenvalue weighted by molar-refractivity contribution is 0.0951. The minimum Gasteiger partial charge on any atom is -0.494 e. The summed E-state index contributed by atoms with van der Waals surface area (Å²) in [5.41, 5.74) is 7.46. The zero-order valence-electron chi connectivity index (χ0n) is 18.9. The van der Waals surface area contributed by atoms with Gasteiger partial charge in [0.05, 0.1) is 20.2 Å². The number of hydrogen-bond donors (Lipinski definition) is 2. The third-order valence-corrected chi connectivity index (χ3v) is 5.45. The number of benzene rings is 2. The molecule has 0 radical (unpaired) electrons. The van der Waals surface area contributed by atoms with E-state index >= 15 is 0 Å². The first-order chi connectivity index (χ1) is 16.9. The fourth-order valence-corrected chi connectivity index (χ4v) is 3.58. The van der Waals surface area contributed by atoms with Crippen LogP contribution in [-0.4, -0.2) is 27.4 Å². The van der Waals surface area contributed by atoms with Gasteiger partial charge in [0.1, 0.15) is 11.4 Å². The Kier molecular flexibility index (Phi) is 6.91. The zero-order chi connectivity index (χ0) is 24.9. The van der Waals surface area contributed by atoms with E-state index in [2.05, 4.69) is 10.4 Å². The lowest BCUT2D eigenvalue weighted by atomic mass is 10.1. The van der Waals surface area contributed by atoms with Gasteiger partial charge < -0.3 is 20.4 Å². The van der Waals surface area contributed by atoms with Gasteiger partial charge in [0, 0.05) is 30.6 Å². The first kappa shape index (κ1) is 23.7. The van der Waals surface area contributed by atoms with E-state index in [0.717, 1.165) is 17.2 Å². The first-order valence-corrected chi connectivity index (χ1v) is 10.7. The molecule has 0 spiro atoms. The maximum Gasteiger partial charge on any atom is 0.256 e. The Balaban J connectivity index is 1.41. The Hall–Kier alpha value is -4.47. The number of hydrogen-bond acceptors (Lipinski definition) is 5. The van der Waals surface area contributed by atoms with Crippen molar-refractivity contribution in [3.63, 3.8) is 0 Å². The highest BCUT2D eigenvalue weighted by Crippen LogP contribution is 2.23. The molecule has 0 aliphatic heterocycles. The van der Waals surface area contributed by atoms with Crippen molar-refractivity contribution in [1.82, 2.24) is 19.7 Å². The fourth-order valence-electron chi connectivity index (χ4n) is 3.58. The molecule has 1 amide bonds. The van der Waals surface area contributed by atoms with Crippen molar-refractivity contribution < 1.29 is 18.3 Å². The average molecular weight is 479 g/mol. The van der Waals surface area contributed by atoms with E-state index in [4.69, 9.17) is 10.5 Å². The molecular formula is C25H23F2N5O3. The first-order valence-electron chi connectivity index (χ1n) is 10.7. The second kappa shape index (κ2) is 10.2. The van der Waals surface area contributed by atoms with Gasteiger partial charge in [-0.2, -0.15) is 5.10 Å². The minimum atomic E-state index is -0.878. The number of nitrogen functional groups attached to an aromatic ring is 1. The van der Waals surface area contributed by atoms with Crippen LogP contribution in [0.1, 0.15) is 27.0 Å². The van der Waals surface area contributed by atoms with Crippen LogP contribution in [0.15, 0.2) is 71.8 Å². The van der Waals surface area contributed by atoms with Gasteiger partial charge in [-0.1, -0.05) is 30.3 Å². The number of nitrogens with one attached hydrogen (secondary N) is 1. The molecule has 0 bridgehead atoms. The lowest BCUT2D eigenvalue weighted by Gasteiger charge is -2.09. The summed E-state index contributed by atoms with van der Waals surface area (Å²) in [4.78, 5) is 24.5. The summed E-state index contributed by atoms with van der Waals surface area (Å²) in [6.07, 6.45) is 3.20. The molecule has 0 atom stereocenters. The molecule has 8 nitrogen and oxygen atoms in total. The van der Waals surface area contributed by atoms with E-state index in [1.54, 1.807) is 22.9 Å². The lowest BCUT2D eigenvalue weighted by Crippen LogP contribution is -2.24. The summed E-state index contributed by atoms with van der Waals surface area (Å²) in [5, 5.41) is 6.63. The van der Waals surface area contributed by atoms with Crippen molar-refractivity contribution in [1.29, 1.82) is 0 Å². The minimum absolute atomic E-state index is 0.00541. The van der Waals surface area contributed by atoms with Gasteiger partial charge in [0.15, 0.2) is 17.4 Å². The average Bonchev–Trinajstić information content (AvgIpc) is 3.21. The Labute approximate surface area is 199 Å². The largest absolute Gasteiger partial charge is 0.494 e. The summed E-state index contributed by atoms with van der Waals surface area (Å²) in [6, 6.07) is 14.9. The Bertz CT molecular complexity index is 1410. The molecule has 4 rings (SSSR count). The highest BCUT2D eigenvalue weighted by atomic mass is 19.1. The van der Waals surface area contributed by atoms with E-state index in [1.165, 1.54) is 30.1 Å². The molecule has 0 unspecified atom stereocenters. The number of amides is 1. The Morgan fingerprint density at radius 3 is 2.46 bits per heavy atom. The number of pyridine rings is 1. The van der Waals surface area contributed by atoms with Gasteiger partial charge in [-0.3, -0.25) is 14.3 Å². The second-order valence-electron chi connectivity index (χ2n) is 7.83. The number of ether oxygens (including phenoxy) is 1. The maximum atomic E-state index is 14.3. The predicted octanol–water partition coefficient (Wildman–Crippen LogP) is 2.94. The van der Waals surface area contributed by atoms with Crippen LogP contribution >= 0.6 is 0 Å². The number of nitrogens with two attached hydrogens (primary N) is 1. The van der Waals surface area contributed by atoms with Crippen molar-refractivity contribution in [2.45, 2.75) is 19.6 Å². The molecule has 0 saturated carbocycles. The van der Waals surface area contributed by atoms with E-state index in [1.807, 2.05) is 24.3 Å². The third kappa shape index (κ3) is 5.37. The van der Waals surface area contributed by atoms with Gasteiger partial charge >= 0.3 is 0 Å². The van der Waals surface area contributed by atoms with Gasteiger partial charge in [-0.15, -0.1) is 0 Å². The third-order valence-electron chi connectivity index (χ3n) is 5.45. The summed E-state index contributed by atoms with van der Waals surface area (Å²) in [6.45, 7) is 0.417. The van der Waals surface area contributed by atoms with Crippen LogP contribution in [0.2, 0.25) is 0 Å². The quantitative estimate of drug-likeness (QED) is 0.404. The number of halogens is 2. The normalized spacial score (nSPS) is 10.8. The number of carbonyl (C=O) groups excluding carboxylic acids is 1. The molecule has 0 fully saturated rings. The van der Waals surface area contributed by atoms with Crippen LogP contribution < -0.4 is 21.3 Å². The number of rotatable bonds is 8. The topological polar surface area (TPSA) is 104 Å². The maximum absolute atomic E-state index is 14.3. The van der Waals surface area contributed by atoms with Crippen LogP contribution in [0.4, 0.5) is 14.6 Å². The predicted molar refractivity (Wildman–Crippen MR) is 126 cm³/mol. The molecular weight excluding hydrogens is 456 g/mol. The van der Waals surface area contributed by atoms with Crippen LogP contribution in [0, 0.1) is 11.6 Å². The number of carbonyl (C=O) groups is 1. The molecule has 35 heavy (non-hydrogen) atoms. The van der Waals surface area contributed by atoms with E-state index in [9.17, 15) is 18.4 Å². The van der Waals surface area contributed by atoms with Crippen molar-refractivity contribution in [2.24, 2.45) is 0 Å². The van der Waals surface area contributed by atoms with E-state index < -0.39 is 17.5 Å². The smallest absolute Gasteiger partial charge is 0.256 e. The van der Waals surface area contributed by atoms with Crippen molar-refractivity contribution >= 4 is 11.7 Å². The van der Waals surface area contributed by atoms with E-state index in [-0.39, 0.29) is 34.8 Å². The zero-order valence-corrected chi connectivity index (χ0v) is 18.9. The van der Waals surface area contributed by atoms with Crippen LogP contribution in [0.3, 0.4) is 0 Å². The molecule has 0 aliphatic carbocycles. The summed E-state index contributed by atoms with van der Waals surface area (Å²) < 4.78 is 36.3. The van der Waals surface area contributed by atoms with E-state index in [0.29, 0.717) is 13.1 Å². The van der Waals surface area contributed by atoms with Crippen molar-refractivity contribution in [2.75, 3.05) is 12.8 Å². The van der Waals surface area contributed by atoms with Crippen LogP contribution in [0.25, 0.3) is 0 Å². The number of anilines is 1. The molecule has 2 aromatic carbocycles. The number of methoxy groups -OCH3 is 1. The highest BCUT2D eigenvalue weighted by molar-refractivity contribution is 5.98.